The SMILES string of the molecule is O=c1[nH]c2cccnc2s1. The first kappa shape index (κ1) is 5.61. The van der Waals surface area contributed by atoms with E-state index in [1.165, 1.54) is 0 Å². The van der Waals surface area contributed by atoms with Crippen LogP contribution in [0.4, 0.5) is 0 Å². The zero-order chi connectivity index (χ0) is 6.97. The molecule has 1 N–H and O–H groups in total. The second-order valence-electron chi connectivity index (χ2n) is 1.87. The summed E-state index contributed by atoms with van der Waals surface area (Å²) < 4.78 is 0. The molecule has 0 aromatic carbocycles. The summed E-state index contributed by atoms with van der Waals surface area (Å²) in [5.74, 6) is 0. The lowest BCUT2D eigenvalue weighted by atomic mass is 10.5. The molecule has 2 rings (SSSR count). The van der Waals surface area contributed by atoms with Crippen molar-refractivity contribution in [3.8, 4) is 0 Å². The van der Waals surface area contributed by atoms with E-state index in [1.807, 2.05) is 6.07 Å². The highest BCUT2D eigenvalue weighted by atomic mass is 32.1. The fourth-order valence-electron chi connectivity index (χ4n) is 0.791. The van der Waals surface area contributed by atoms with E-state index in [0.717, 1.165) is 21.7 Å². The second kappa shape index (κ2) is 1.91. The maximum atomic E-state index is 10.7. The molecule has 0 radical (unpaired) electrons. The summed E-state index contributed by atoms with van der Waals surface area (Å²) in [6.45, 7) is 0. The maximum absolute atomic E-state index is 10.7. The Morgan fingerprint density at radius 2 is 2.50 bits per heavy atom. The van der Waals surface area contributed by atoms with E-state index in [9.17, 15) is 4.79 Å². The fourth-order valence-corrected chi connectivity index (χ4v) is 1.47. The number of nitrogens with one attached hydrogen (secondary N) is 1. The van der Waals surface area contributed by atoms with Crippen LogP contribution in [-0.2, 0) is 0 Å². The Bertz CT molecular complexity index is 367. The molecular weight excluding hydrogens is 148 g/mol. The standard InChI is InChI=1S/C6H4N2OS/c9-6-8-4-2-1-3-7-5(4)10-6/h1-3H,(H,8,9). The molecule has 0 atom stereocenters. The number of aromatic amines is 1. The van der Waals surface area contributed by atoms with Gasteiger partial charge in [0.25, 0.3) is 0 Å². The summed E-state index contributed by atoms with van der Waals surface area (Å²) in [5, 5.41) is 0. The van der Waals surface area contributed by atoms with Gasteiger partial charge in [0.2, 0.25) is 0 Å². The van der Waals surface area contributed by atoms with Gasteiger partial charge in [0, 0.05) is 6.20 Å². The molecule has 2 heterocycles. The number of nitrogens with zero attached hydrogens (tertiary/aromatic N) is 1. The van der Waals surface area contributed by atoms with Crippen LogP contribution >= 0.6 is 11.3 Å². The highest BCUT2D eigenvalue weighted by Gasteiger charge is 1.95. The smallest absolute Gasteiger partial charge is 0.307 e. The van der Waals surface area contributed by atoms with Gasteiger partial charge in [-0.05, 0) is 12.1 Å². The van der Waals surface area contributed by atoms with E-state index < -0.39 is 0 Å². The number of rotatable bonds is 0. The van der Waals surface area contributed by atoms with Crippen molar-refractivity contribution in [1.82, 2.24) is 9.97 Å². The van der Waals surface area contributed by atoms with Gasteiger partial charge in [-0.2, -0.15) is 0 Å². The van der Waals surface area contributed by atoms with Crippen molar-refractivity contribution in [2.45, 2.75) is 0 Å². The van der Waals surface area contributed by atoms with Crippen LogP contribution in [0.3, 0.4) is 0 Å². The Morgan fingerprint density at radius 3 is 3.30 bits per heavy atom. The van der Waals surface area contributed by atoms with Gasteiger partial charge in [-0.1, -0.05) is 11.3 Å². The predicted octanol–water partition coefficient (Wildman–Crippen LogP) is 0.985. The maximum Gasteiger partial charge on any atom is 0.307 e. The monoisotopic (exact) mass is 152 g/mol. The average Bonchev–Trinajstić information content (AvgIpc) is 2.27. The third kappa shape index (κ3) is 0.733. The van der Waals surface area contributed by atoms with Crippen molar-refractivity contribution in [3.05, 3.63) is 28.0 Å². The quantitative estimate of drug-likeness (QED) is 0.611. The number of hydrogen-bond donors (Lipinski definition) is 1. The molecular formula is C6H4N2OS. The molecule has 0 aliphatic heterocycles. The van der Waals surface area contributed by atoms with E-state index in [0.29, 0.717) is 0 Å². The predicted molar refractivity (Wildman–Crippen MR) is 40.2 cm³/mol. The molecule has 0 aliphatic rings. The largest absolute Gasteiger partial charge is 0.311 e. The lowest BCUT2D eigenvalue weighted by Crippen LogP contribution is -1.89. The van der Waals surface area contributed by atoms with Crippen LogP contribution in [0, 0.1) is 0 Å². The number of thiazole rings is 1. The Morgan fingerprint density at radius 1 is 1.60 bits per heavy atom. The Kier molecular flexibility index (Phi) is 1.07. The Hall–Kier alpha value is -1.16. The molecule has 4 heteroatoms. The van der Waals surface area contributed by atoms with E-state index >= 15 is 0 Å². The number of pyridine rings is 1. The topological polar surface area (TPSA) is 45.8 Å². The van der Waals surface area contributed by atoms with Crippen LogP contribution in [0.15, 0.2) is 23.1 Å². The molecule has 3 nitrogen and oxygen atoms in total. The molecule has 2 aromatic heterocycles. The number of H-pyrrole nitrogens is 1. The number of fused-ring (bicyclic) bond motifs is 1. The minimum atomic E-state index is -0.0475. The Balaban J connectivity index is 3.01. The lowest BCUT2D eigenvalue weighted by molar-refractivity contribution is 1.37. The highest BCUT2D eigenvalue weighted by Crippen LogP contribution is 2.07. The van der Waals surface area contributed by atoms with Crippen LogP contribution in [0.25, 0.3) is 10.3 Å². The molecule has 10 heavy (non-hydrogen) atoms. The van der Waals surface area contributed by atoms with Gasteiger partial charge in [0.15, 0.2) is 0 Å². The van der Waals surface area contributed by atoms with Crippen LogP contribution in [0.5, 0.6) is 0 Å². The van der Waals surface area contributed by atoms with Gasteiger partial charge in [-0.3, -0.25) is 4.79 Å². The summed E-state index contributed by atoms with van der Waals surface area (Å²) in [6.07, 6.45) is 1.67. The van der Waals surface area contributed by atoms with Crippen LogP contribution in [0.2, 0.25) is 0 Å². The minimum absolute atomic E-state index is 0.0475. The first-order valence-corrected chi connectivity index (χ1v) is 3.62. The van der Waals surface area contributed by atoms with E-state index in [2.05, 4.69) is 9.97 Å². The molecule has 0 saturated carbocycles. The van der Waals surface area contributed by atoms with Crippen molar-refractivity contribution in [1.29, 1.82) is 0 Å². The third-order valence-corrected chi connectivity index (χ3v) is 2.00. The van der Waals surface area contributed by atoms with Gasteiger partial charge in [-0.25, -0.2) is 4.98 Å². The third-order valence-electron chi connectivity index (χ3n) is 1.20. The molecule has 0 spiro atoms. The van der Waals surface area contributed by atoms with Crippen molar-refractivity contribution in [2.75, 3.05) is 0 Å². The highest BCUT2D eigenvalue weighted by molar-refractivity contribution is 7.15. The van der Waals surface area contributed by atoms with Crippen molar-refractivity contribution in [2.24, 2.45) is 0 Å². The van der Waals surface area contributed by atoms with Gasteiger partial charge < -0.3 is 4.98 Å². The lowest BCUT2D eigenvalue weighted by Gasteiger charge is -1.80. The molecule has 0 bridgehead atoms. The normalized spacial score (nSPS) is 10.4. The molecule has 2 aromatic rings. The molecule has 0 saturated heterocycles. The minimum Gasteiger partial charge on any atom is -0.311 e. The first-order chi connectivity index (χ1) is 4.86. The number of aromatic nitrogens is 2. The second-order valence-corrected chi connectivity index (χ2v) is 2.83. The summed E-state index contributed by atoms with van der Waals surface area (Å²) in [5.41, 5.74) is 0.817. The van der Waals surface area contributed by atoms with Crippen molar-refractivity contribution in [3.63, 3.8) is 0 Å². The van der Waals surface area contributed by atoms with Crippen LogP contribution in [-0.4, -0.2) is 9.97 Å². The molecule has 0 unspecified atom stereocenters. The summed E-state index contributed by atoms with van der Waals surface area (Å²) >= 11 is 1.13. The molecule has 0 aliphatic carbocycles. The van der Waals surface area contributed by atoms with Crippen molar-refractivity contribution < 1.29 is 0 Å². The average molecular weight is 152 g/mol. The van der Waals surface area contributed by atoms with Gasteiger partial charge in [0.1, 0.15) is 4.83 Å². The van der Waals surface area contributed by atoms with Gasteiger partial charge in [0.05, 0.1) is 5.52 Å². The van der Waals surface area contributed by atoms with E-state index in [-0.39, 0.29) is 4.87 Å². The van der Waals surface area contributed by atoms with E-state index in [1.54, 1.807) is 12.3 Å². The summed E-state index contributed by atoms with van der Waals surface area (Å²) in [6, 6.07) is 3.63. The fraction of sp³-hybridized carbons (Fsp3) is 0. The van der Waals surface area contributed by atoms with Crippen molar-refractivity contribution >= 4 is 21.7 Å². The van der Waals surface area contributed by atoms with Crippen LogP contribution in [0.1, 0.15) is 0 Å². The zero-order valence-corrected chi connectivity index (χ0v) is 5.81. The molecule has 0 fully saturated rings. The van der Waals surface area contributed by atoms with E-state index in [4.69, 9.17) is 0 Å². The van der Waals surface area contributed by atoms with Gasteiger partial charge in [-0.15, -0.1) is 0 Å². The van der Waals surface area contributed by atoms with Crippen LogP contribution < -0.4 is 4.87 Å². The summed E-state index contributed by atoms with van der Waals surface area (Å²) in [4.78, 5) is 18.1. The number of hydrogen-bond acceptors (Lipinski definition) is 3. The Labute approximate surface area is 60.4 Å². The molecule has 50 valence electrons. The van der Waals surface area contributed by atoms with Gasteiger partial charge >= 0.3 is 4.87 Å². The zero-order valence-electron chi connectivity index (χ0n) is 5.00. The first-order valence-electron chi connectivity index (χ1n) is 2.80. The summed E-state index contributed by atoms with van der Waals surface area (Å²) in [7, 11) is 0. The molecule has 0 amide bonds.